The van der Waals surface area contributed by atoms with Crippen molar-refractivity contribution in [3.05, 3.63) is 94.8 Å². The Morgan fingerprint density at radius 1 is 1.12 bits per heavy atom. The van der Waals surface area contributed by atoms with Crippen molar-refractivity contribution in [3.63, 3.8) is 0 Å². The van der Waals surface area contributed by atoms with E-state index in [4.69, 9.17) is 18.0 Å². The molecule has 1 N–H and O–H groups in total. The van der Waals surface area contributed by atoms with Gasteiger partial charge in [-0.05, 0) is 63.1 Å². The number of likely N-dealkylation sites (tertiary alicyclic amines) is 1. The molecule has 1 aromatic carbocycles. The third-order valence-electron chi connectivity index (χ3n) is 6.79. The second-order valence-corrected chi connectivity index (χ2v) is 9.58. The van der Waals surface area contributed by atoms with Gasteiger partial charge >= 0.3 is 5.63 Å². The molecule has 0 saturated carbocycles. The van der Waals surface area contributed by atoms with Crippen LogP contribution in [0.2, 0.25) is 0 Å². The number of amides is 1. The molecule has 5 aromatic rings. The number of benzene rings is 1. The van der Waals surface area contributed by atoms with Gasteiger partial charge < -0.3 is 28.0 Å². The number of fused-ring (bicyclic) bond motifs is 1. The summed E-state index contributed by atoms with van der Waals surface area (Å²) in [6.07, 6.45) is 9.81. The molecular formula is C30H29N3O7. The van der Waals surface area contributed by atoms with Crippen molar-refractivity contribution in [2.75, 3.05) is 19.7 Å². The van der Waals surface area contributed by atoms with E-state index in [2.05, 4.69) is 9.97 Å². The molecule has 6 rings (SSSR count). The number of piperidine rings is 1. The van der Waals surface area contributed by atoms with E-state index in [9.17, 15) is 14.7 Å². The Hall–Kier alpha value is -4.86. The monoisotopic (exact) mass is 543 g/mol. The van der Waals surface area contributed by atoms with Crippen LogP contribution in [0.4, 0.5) is 0 Å². The van der Waals surface area contributed by atoms with Crippen LogP contribution in [0.5, 0.6) is 11.5 Å². The summed E-state index contributed by atoms with van der Waals surface area (Å²) in [5.74, 6) is 1.74. The first-order chi connectivity index (χ1) is 19.4. The first-order valence-electron chi connectivity index (χ1n) is 12.9. The molecule has 4 aromatic heterocycles. The van der Waals surface area contributed by atoms with Crippen LogP contribution < -0.4 is 10.4 Å². The van der Waals surface area contributed by atoms with Crippen LogP contribution in [0.15, 0.2) is 85.6 Å². The molecule has 10 heteroatoms. The third kappa shape index (κ3) is 5.90. The lowest BCUT2D eigenvalue weighted by Crippen LogP contribution is -2.41. The Labute approximate surface area is 229 Å². The SMILES string of the molecule is Cc1c(-c2ccco2)oc(=O)c(C)c1O.O=C(c1cnccn1)N1CCCC(COc2ccc3occc3c2)C1. The number of aromatic hydroxyl groups is 1. The molecular weight excluding hydrogens is 514 g/mol. The highest BCUT2D eigenvalue weighted by atomic mass is 16.5. The Balaban J connectivity index is 0.000000184. The molecule has 0 bridgehead atoms. The quantitative estimate of drug-likeness (QED) is 0.310. The largest absolute Gasteiger partial charge is 0.507 e. The number of ether oxygens (including phenoxy) is 1. The van der Waals surface area contributed by atoms with Crippen molar-refractivity contribution in [2.45, 2.75) is 26.7 Å². The summed E-state index contributed by atoms with van der Waals surface area (Å²) in [7, 11) is 0. The average molecular weight is 544 g/mol. The molecule has 1 atom stereocenters. The molecule has 0 spiro atoms. The Kier molecular flexibility index (Phi) is 7.95. The highest BCUT2D eigenvalue weighted by Crippen LogP contribution is 2.29. The Morgan fingerprint density at radius 3 is 2.77 bits per heavy atom. The predicted octanol–water partition coefficient (Wildman–Crippen LogP) is 5.38. The van der Waals surface area contributed by atoms with Crippen molar-refractivity contribution in [3.8, 4) is 23.0 Å². The zero-order valence-electron chi connectivity index (χ0n) is 22.2. The smallest absolute Gasteiger partial charge is 0.343 e. The minimum atomic E-state index is -0.551. The zero-order valence-corrected chi connectivity index (χ0v) is 22.2. The summed E-state index contributed by atoms with van der Waals surface area (Å²) in [4.78, 5) is 33.8. The van der Waals surface area contributed by atoms with Crippen LogP contribution in [-0.2, 0) is 0 Å². The fourth-order valence-electron chi connectivity index (χ4n) is 4.58. The van der Waals surface area contributed by atoms with Crippen molar-refractivity contribution in [2.24, 2.45) is 5.92 Å². The van der Waals surface area contributed by atoms with E-state index >= 15 is 0 Å². The van der Waals surface area contributed by atoms with Gasteiger partial charge in [0.15, 0.2) is 11.5 Å². The number of rotatable bonds is 5. The molecule has 1 amide bonds. The average Bonchev–Trinajstić information content (AvgIpc) is 3.70. The summed E-state index contributed by atoms with van der Waals surface area (Å²) < 4.78 is 21.4. The van der Waals surface area contributed by atoms with Crippen LogP contribution in [0, 0.1) is 19.8 Å². The van der Waals surface area contributed by atoms with Crippen LogP contribution in [0.1, 0.15) is 34.5 Å². The van der Waals surface area contributed by atoms with E-state index in [1.54, 1.807) is 37.7 Å². The number of carbonyl (C=O) groups excluding carboxylic acids is 1. The van der Waals surface area contributed by atoms with Crippen molar-refractivity contribution in [1.29, 1.82) is 0 Å². The van der Waals surface area contributed by atoms with E-state index in [0.29, 0.717) is 36.1 Å². The maximum atomic E-state index is 12.5. The summed E-state index contributed by atoms with van der Waals surface area (Å²) in [6, 6.07) is 11.1. The van der Waals surface area contributed by atoms with E-state index in [1.807, 2.05) is 29.2 Å². The zero-order chi connectivity index (χ0) is 28.1. The molecule has 1 aliphatic rings. The highest BCUT2D eigenvalue weighted by Gasteiger charge is 2.25. The summed E-state index contributed by atoms with van der Waals surface area (Å²) in [5, 5.41) is 10.7. The third-order valence-corrected chi connectivity index (χ3v) is 6.79. The predicted molar refractivity (Wildman–Crippen MR) is 146 cm³/mol. The molecule has 10 nitrogen and oxygen atoms in total. The topological polar surface area (TPSA) is 132 Å². The van der Waals surface area contributed by atoms with Gasteiger partial charge in [-0.3, -0.25) is 9.78 Å². The minimum absolute atomic E-state index is 0.0438. The molecule has 206 valence electrons. The van der Waals surface area contributed by atoms with Gasteiger partial charge in [0, 0.05) is 42.4 Å². The molecule has 1 saturated heterocycles. The van der Waals surface area contributed by atoms with Crippen LogP contribution in [0.25, 0.3) is 22.5 Å². The van der Waals surface area contributed by atoms with Gasteiger partial charge in [-0.2, -0.15) is 0 Å². The van der Waals surface area contributed by atoms with Gasteiger partial charge in [0.2, 0.25) is 0 Å². The van der Waals surface area contributed by atoms with E-state index < -0.39 is 5.63 Å². The lowest BCUT2D eigenvalue weighted by Gasteiger charge is -2.32. The van der Waals surface area contributed by atoms with Crippen molar-refractivity contribution < 1.29 is 27.9 Å². The number of hydrogen-bond acceptors (Lipinski definition) is 9. The molecule has 1 unspecified atom stereocenters. The molecule has 0 radical (unpaired) electrons. The second-order valence-electron chi connectivity index (χ2n) is 9.58. The lowest BCUT2D eigenvalue weighted by molar-refractivity contribution is 0.0627. The summed E-state index contributed by atoms with van der Waals surface area (Å²) >= 11 is 0. The first-order valence-corrected chi connectivity index (χ1v) is 12.9. The summed E-state index contributed by atoms with van der Waals surface area (Å²) in [6.45, 7) is 5.22. The lowest BCUT2D eigenvalue weighted by atomic mass is 9.98. The maximum absolute atomic E-state index is 12.5. The van der Waals surface area contributed by atoms with Crippen molar-refractivity contribution in [1.82, 2.24) is 14.9 Å². The van der Waals surface area contributed by atoms with E-state index in [-0.39, 0.29) is 23.0 Å². The van der Waals surface area contributed by atoms with Crippen LogP contribution >= 0.6 is 0 Å². The molecule has 0 aliphatic carbocycles. The number of hydrogen-bond donors (Lipinski definition) is 1. The summed E-state index contributed by atoms with van der Waals surface area (Å²) in [5.41, 5.74) is 1.41. The first kappa shape index (κ1) is 26.7. The van der Waals surface area contributed by atoms with Crippen molar-refractivity contribution >= 4 is 16.9 Å². The van der Waals surface area contributed by atoms with E-state index in [0.717, 1.165) is 36.1 Å². The fraction of sp³-hybridized carbons (Fsp3) is 0.267. The van der Waals surface area contributed by atoms with Gasteiger partial charge in [0.25, 0.3) is 5.91 Å². The molecule has 5 heterocycles. The number of aromatic nitrogens is 2. The normalized spacial score (nSPS) is 14.9. The molecule has 40 heavy (non-hydrogen) atoms. The van der Waals surface area contributed by atoms with Gasteiger partial charge in [0.05, 0.1) is 30.9 Å². The second kappa shape index (κ2) is 11.9. The van der Waals surface area contributed by atoms with Crippen LogP contribution in [-0.4, -0.2) is 45.6 Å². The number of nitrogens with zero attached hydrogens (tertiary/aromatic N) is 3. The fourth-order valence-corrected chi connectivity index (χ4v) is 4.58. The number of carbonyl (C=O) groups is 1. The standard InChI is InChI=1S/C19H19N3O3.C11H10O4/c23-19(17-11-20-6-7-21-17)22-8-1-2-14(12-22)13-25-16-3-4-18-15(10-16)5-9-24-18;1-6-9(12)7(2)11(13)15-10(6)8-4-3-5-14-8/h3-7,9-11,14H,1-2,8,12-13H2;3-5,12H,1-2H3. The molecule has 1 fully saturated rings. The van der Waals surface area contributed by atoms with Gasteiger partial charge in [0.1, 0.15) is 22.8 Å². The van der Waals surface area contributed by atoms with Gasteiger partial charge in [-0.25, -0.2) is 9.78 Å². The van der Waals surface area contributed by atoms with Crippen LogP contribution in [0.3, 0.4) is 0 Å². The number of furan rings is 2. The van der Waals surface area contributed by atoms with Gasteiger partial charge in [-0.15, -0.1) is 0 Å². The van der Waals surface area contributed by atoms with Gasteiger partial charge in [-0.1, -0.05) is 0 Å². The highest BCUT2D eigenvalue weighted by molar-refractivity contribution is 5.92. The Morgan fingerprint density at radius 2 is 2.00 bits per heavy atom. The minimum Gasteiger partial charge on any atom is -0.507 e. The van der Waals surface area contributed by atoms with E-state index in [1.165, 1.54) is 19.4 Å². The molecule has 1 aliphatic heterocycles. The Bertz CT molecular complexity index is 1640. The maximum Gasteiger partial charge on any atom is 0.343 e.